The summed E-state index contributed by atoms with van der Waals surface area (Å²) in [6.45, 7) is 1.56. The van der Waals surface area contributed by atoms with E-state index < -0.39 is 0 Å². The van der Waals surface area contributed by atoms with Crippen LogP contribution in [0.25, 0.3) is 10.9 Å². The van der Waals surface area contributed by atoms with Crippen molar-refractivity contribution in [3.05, 3.63) is 72.4 Å². The molecule has 4 heteroatoms. The molecule has 4 rings (SSSR count). The van der Waals surface area contributed by atoms with E-state index in [2.05, 4.69) is 22.4 Å². The summed E-state index contributed by atoms with van der Waals surface area (Å²) in [5.41, 5.74) is 3.04. The number of fused-ring (bicyclic) bond motifs is 1. The SMILES string of the molecule is O=C(Cc1cccc2cccnc12)N1CCC(Nc2ccccc2)C1. The highest BCUT2D eigenvalue weighted by atomic mass is 16.2. The van der Waals surface area contributed by atoms with Gasteiger partial charge in [0.2, 0.25) is 5.91 Å². The second-order valence-electron chi connectivity index (χ2n) is 6.50. The monoisotopic (exact) mass is 331 g/mol. The fraction of sp³-hybridized carbons (Fsp3) is 0.238. The number of nitrogens with one attached hydrogen (secondary N) is 1. The van der Waals surface area contributed by atoms with Crippen molar-refractivity contribution < 1.29 is 4.79 Å². The third kappa shape index (κ3) is 3.48. The molecule has 25 heavy (non-hydrogen) atoms. The summed E-state index contributed by atoms with van der Waals surface area (Å²) in [5.74, 6) is 0.176. The van der Waals surface area contributed by atoms with Crippen LogP contribution in [0, 0.1) is 0 Å². The maximum Gasteiger partial charge on any atom is 0.227 e. The van der Waals surface area contributed by atoms with Crippen LogP contribution in [0.4, 0.5) is 5.69 Å². The lowest BCUT2D eigenvalue weighted by molar-refractivity contribution is -0.129. The van der Waals surface area contributed by atoms with Crippen molar-refractivity contribution in [1.29, 1.82) is 0 Å². The van der Waals surface area contributed by atoms with Gasteiger partial charge in [0.15, 0.2) is 0 Å². The highest BCUT2D eigenvalue weighted by molar-refractivity contribution is 5.87. The molecule has 1 N–H and O–H groups in total. The van der Waals surface area contributed by atoms with E-state index in [0.29, 0.717) is 12.5 Å². The van der Waals surface area contributed by atoms with Crippen molar-refractivity contribution >= 4 is 22.5 Å². The average Bonchev–Trinajstić information content (AvgIpc) is 3.11. The minimum Gasteiger partial charge on any atom is -0.380 e. The standard InChI is InChI=1S/C21H21N3O/c25-20(14-17-7-4-6-16-8-5-12-22-21(16)17)24-13-11-19(15-24)23-18-9-2-1-3-10-18/h1-10,12,19,23H,11,13-15H2. The van der Waals surface area contributed by atoms with Crippen LogP contribution in [-0.4, -0.2) is 34.9 Å². The number of carbonyl (C=O) groups excluding carboxylic acids is 1. The van der Waals surface area contributed by atoms with Crippen LogP contribution in [0.1, 0.15) is 12.0 Å². The Morgan fingerprint density at radius 3 is 2.80 bits per heavy atom. The first-order chi connectivity index (χ1) is 12.3. The second-order valence-corrected chi connectivity index (χ2v) is 6.50. The summed E-state index contributed by atoms with van der Waals surface area (Å²) in [4.78, 5) is 19.1. The van der Waals surface area contributed by atoms with Gasteiger partial charge in [-0.25, -0.2) is 0 Å². The molecule has 1 fully saturated rings. The van der Waals surface area contributed by atoms with Crippen molar-refractivity contribution in [2.45, 2.75) is 18.9 Å². The minimum atomic E-state index is 0.176. The first-order valence-corrected chi connectivity index (χ1v) is 8.71. The summed E-state index contributed by atoms with van der Waals surface area (Å²) in [5, 5.41) is 4.59. The molecular weight excluding hydrogens is 310 g/mol. The van der Waals surface area contributed by atoms with E-state index in [9.17, 15) is 4.79 Å². The fourth-order valence-electron chi connectivity index (χ4n) is 3.46. The summed E-state index contributed by atoms with van der Waals surface area (Å²) in [6, 6.07) is 20.5. The van der Waals surface area contributed by atoms with Crippen LogP contribution < -0.4 is 5.32 Å². The Bertz CT molecular complexity index is 873. The van der Waals surface area contributed by atoms with E-state index in [4.69, 9.17) is 0 Å². The first-order valence-electron chi connectivity index (χ1n) is 8.71. The predicted molar refractivity (Wildman–Crippen MR) is 100 cm³/mol. The molecule has 0 spiro atoms. The van der Waals surface area contributed by atoms with E-state index >= 15 is 0 Å². The molecule has 3 aromatic rings. The quantitative estimate of drug-likeness (QED) is 0.796. The number of amides is 1. The maximum absolute atomic E-state index is 12.7. The number of likely N-dealkylation sites (tertiary alicyclic amines) is 1. The number of aromatic nitrogens is 1. The van der Waals surface area contributed by atoms with E-state index in [-0.39, 0.29) is 5.91 Å². The number of hydrogen-bond acceptors (Lipinski definition) is 3. The van der Waals surface area contributed by atoms with Crippen molar-refractivity contribution in [2.24, 2.45) is 0 Å². The molecule has 1 unspecified atom stereocenters. The van der Waals surface area contributed by atoms with Crippen LogP contribution in [-0.2, 0) is 11.2 Å². The summed E-state index contributed by atoms with van der Waals surface area (Å²) < 4.78 is 0. The minimum absolute atomic E-state index is 0.176. The molecule has 2 aromatic carbocycles. The van der Waals surface area contributed by atoms with Gasteiger partial charge in [-0.15, -0.1) is 0 Å². The van der Waals surface area contributed by atoms with Crippen LogP contribution in [0.15, 0.2) is 66.9 Å². The number of hydrogen-bond donors (Lipinski definition) is 1. The Labute approximate surface area is 147 Å². The predicted octanol–water partition coefficient (Wildman–Crippen LogP) is 3.49. The zero-order valence-corrected chi connectivity index (χ0v) is 14.1. The van der Waals surface area contributed by atoms with Crippen LogP contribution in [0.3, 0.4) is 0 Å². The molecule has 0 bridgehead atoms. The second kappa shape index (κ2) is 6.93. The molecule has 1 saturated heterocycles. The van der Waals surface area contributed by atoms with Gasteiger partial charge in [0.05, 0.1) is 11.9 Å². The van der Waals surface area contributed by atoms with Gasteiger partial charge in [-0.2, -0.15) is 0 Å². The van der Waals surface area contributed by atoms with Crippen molar-refractivity contribution in [3.8, 4) is 0 Å². The van der Waals surface area contributed by atoms with E-state index in [1.807, 2.05) is 53.4 Å². The van der Waals surface area contributed by atoms with Crippen LogP contribution >= 0.6 is 0 Å². The lowest BCUT2D eigenvalue weighted by atomic mass is 10.1. The normalized spacial score (nSPS) is 17.0. The number of anilines is 1. The molecule has 1 atom stereocenters. The van der Waals surface area contributed by atoms with Gasteiger partial charge in [-0.3, -0.25) is 9.78 Å². The Hall–Kier alpha value is -2.88. The number of carbonyl (C=O) groups is 1. The first kappa shape index (κ1) is 15.6. The number of para-hydroxylation sites is 2. The average molecular weight is 331 g/mol. The number of nitrogens with zero attached hydrogens (tertiary/aromatic N) is 2. The van der Waals surface area contributed by atoms with Gasteiger partial charge in [-0.05, 0) is 30.2 Å². The highest BCUT2D eigenvalue weighted by Gasteiger charge is 2.26. The lowest BCUT2D eigenvalue weighted by Gasteiger charge is -2.18. The topological polar surface area (TPSA) is 45.2 Å². The maximum atomic E-state index is 12.7. The molecule has 1 aliphatic heterocycles. The molecule has 4 nitrogen and oxygen atoms in total. The Morgan fingerprint density at radius 1 is 1.08 bits per heavy atom. The zero-order valence-electron chi connectivity index (χ0n) is 14.1. The summed E-state index contributed by atoms with van der Waals surface area (Å²) in [6.07, 6.45) is 3.17. The van der Waals surface area contributed by atoms with Gasteiger partial charge in [0.1, 0.15) is 0 Å². The molecule has 2 heterocycles. The van der Waals surface area contributed by atoms with E-state index in [1.165, 1.54) is 0 Å². The van der Waals surface area contributed by atoms with Gasteiger partial charge < -0.3 is 10.2 Å². The van der Waals surface area contributed by atoms with Crippen molar-refractivity contribution in [2.75, 3.05) is 18.4 Å². The van der Waals surface area contributed by atoms with E-state index in [1.54, 1.807) is 6.20 Å². The number of rotatable bonds is 4. The summed E-state index contributed by atoms with van der Waals surface area (Å²) >= 11 is 0. The largest absolute Gasteiger partial charge is 0.380 e. The molecule has 1 aromatic heterocycles. The fourth-order valence-corrected chi connectivity index (χ4v) is 3.46. The Kier molecular flexibility index (Phi) is 4.34. The molecular formula is C21H21N3O. The van der Waals surface area contributed by atoms with Crippen LogP contribution in [0.5, 0.6) is 0 Å². The zero-order chi connectivity index (χ0) is 17.1. The van der Waals surface area contributed by atoms with Gasteiger partial charge in [0, 0.05) is 36.4 Å². The van der Waals surface area contributed by atoms with Crippen molar-refractivity contribution in [1.82, 2.24) is 9.88 Å². The third-order valence-corrected chi connectivity index (χ3v) is 4.74. The van der Waals surface area contributed by atoms with E-state index in [0.717, 1.165) is 41.7 Å². The van der Waals surface area contributed by atoms with Gasteiger partial charge in [-0.1, -0.05) is 42.5 Å². The number of benzene rings is 2. The smallest absolute Gasteiger partial charge is 0.227 e. The molecule has 1 amide bonds. The molecule has 0 radical (unpaired) electrons. The molecule has 126 valence electrons. The third-order valence-electron chi connectivity index (χ3n) is 4.74. The molecule has 1 aliphatic rings. The Morgan fingerprint density at radius 2 is 1.92 bits per heavy atom. The Balaban J connectivity index is 1.42. The van der Waals surface area contributed by atoms with Gasteiger partial charge in [0.25, 0.3) is 0 Å². The molecule has 0 aliphatic carbocycles. The lowest BCUT2D eigenvalue weighted by Crippen LogP contribution is -2.32. The molecule has 0 saturated carbocycles. The summed E-state index contributed by atoms with van der Waals surface area (Å²) in [7, 11) is 0. The highest BCUT2D eigenvalue weighted by Crippen LogP contribution is 2.20. The van der Waals surface area contributed by atoms with Crippen molar-refractivity contribution in [3.63, 3.8) is 0 Å². The van der Waals surface area contributed by atoms with Gasteiger partial charge >= 0.3 is 0 Å². The number of pyridine rings is 1. The van der Waals surface area contributed by atoms with Crippen LogP contribution in [0.2, 0.25) is 0 Å².